The van der Waals surface area contributed by atoms with E-state index in [1.807, 2.05) is 0 Å². The van der Waals surface area contributed by atoms with Crippen LogP contribution in [0.5, 0.6) is 0 Å². The van der Waals surface area contributed by atoms with E-state index in [4.69, 9.17) is 8.83 Å². The van der Waals surface area contributed by atoms with Crippen molar-refractivity contribution in [2.24, 2.45) is 0 Å². The van der Waals surface area contributed by atoms with Crippen LogP contribution >= 0.6 is 0 Å². The van der Waals surface area contributed by atoms with Crippen LogP contribution in [0.1, 0.15) is 0 Å². The highest BCUT2D eigenvalue weighted by atomic mass is 16.3. The highest BCUT2D eigenvalue weighted by Crippen LogP contribution is 2.43. The molecule has 2 nitrogen and oxygen atoms in total. The molecule has 2 heteroatoms. The van der Waals surface area contributed by atoms with E-state index in [0.29, 0.717) is 0 Å². The third kappa shape index (κ3) is 3.95. The molecule has 0 spiro atoms. The van der Waals surface area contributed by atoms with Gasteiger partial charge in [0.05, 0.1) is 0 Å². The van der Waals surface area contributed by atoms with Crippen LogP contribution in [0.4, 0.5) is 0 Å². The van der Waals surface area contributed by atoms with Crippen molar-refractivity contribution in [3.63, 3.8) is 0 Å². The maximum absolute atomic E-state index is 6.50. The van der Waals surface area contributed by atoms with Gasteiger partial charge in [0.25, 0.3) is 0 Å². The van der Waals surface area contributed by atoms with Crippen LogP contribution in [0.3, 0.4) is 0 Å². The number of rotatable bonds is 2. The Hall–Kier alpha value is -6.90. The van der Waals surface area contributed by atoms with Crippen molar-refractivity contribution in [1.29, 1.82) is 0 Å². The molecule has 0 aliphatic heterocycles. The van der Waals surface area contributed by atoms with Gasteiger partial charge in [-0.3, -0.25) is 0 Å². The van der Waals surface area contributed by atoms with Gasteiger partial charge in [0.1, 0.15) is 22.3 Å². The molecule has 0 aliphatic rings. The highest BCUT2D eigenvalue weighted by Gasteiger charge is 2.17. The molecule has 2 aromatic heterocycles. The predicted octanol–water partition coefficient (Wildman–Crippen LogP) is 14.6. The van der Waals surface area contributed by atoms with Gasteiger partial charge < -0.3 is 8.83 Å². The summed E-state index contributed by atoms with van der Waals surface area (Å²) in [5.41, 5.74) is 8.42. The zero-order chi connectivity index (χ0) is 33.9. The molecule has 10 aromatic carbocycles. The summed E-state index contributed by atoms with van der Waals surface area (Å²) in [7, 11) is 0. The van der Waals surface area contributed by atoms with E-state index in [-0.39, 0.29) is 0 Å². The fraction of sp³-hybridized carbons (Fsp3) is 0. The molecule has 12 aromatic rings. The summed E-state index contributed by atoms with van der Waals surface area (Å²) >= 11 is 0. The van der Waals surface area contributed by atoms with E-state index in [0.717, 1.165) is 54.6 Å². The summed E-state index contributed by atoms with van der Waals surface area (Å²) in [6, 6.07) is 61.5. The number of hydrogen-bond donors (Lipinski definition) is 0. The molecule has 0 bridgehead atoms. The summed E-state index contributed by atoms with van der Waals surface area (Å²) in [5, 5.41) is 16.7. The Morgan fingerprint density at radius 3 is 0.981 bits per heavy atom. The van der Waals surface area contributed by atoms with Crippen molar-refractivity contribution < 1.29 is 8.83 Å². The van der Waals surface area contributed by atoms with Crippen LogP contribution in [0.15, 0.2) is 179 Å². The maximum Gasteiger partial charge on any atom is 0.136 e. The van der Waals surface area contributed by atoms with Gasteiger partial charge in [-0.2, -0.15) is 0 Å². The topological polar surface area (TPSA) is 26.3 Å². The van der Waals surface area contributed by atoms with Crippen molar-refractivity contribution >= 4 is 97.7 Å². The van der Waals surface area contributed by atoms with E-state index in [9.17, 15) is 0 Å². The van der Waals surface area contributed by atoms with Crippen LogP contribution in [0.2, 0.25) is 0 Å². The molecular weight excluding hydrogens is 633 g/mol. The Morgan fingerprint density at radius 2 is 0.577 bits per heavy atom. The second-order valence-corrected chi connectivity index (χ2v) is 14.1. The van der Waals surface area contributed by atoms with Crippen molar-refractivity contribution in [1.82, 2.24) is 0 Å². The Labute approximate surface area is 297 Å². The van der Waals surface area contributed by atoms with Crippen LogP contribution in [-0.2, 0) is 0 Å². The molecule has 0 saturated heterocycles. The Balaban J connectivity index is 1.07. The smallest absolute Gasteiger partial charge is 0.136 e. The zero-order valence-corrected chi connectivity index (χ0v) is 28.0. The van der Waals surface area contributed by atoms with Gasteiger partial charge in [0, 0.05) is 21.5 Å². The lowest BCUT2D eigenvalue weighted by Crippen LogP contribution is -1.85. The minimum Gasteiger partial charge on any atom is -0.456 e. The molecule has 0 unspecified atom stereocenters. The van der Waals surface area contributed by atoms with Gasteiger partial charge >= 0.3 is 0 Å². The van der Waals surface area contributed by atoms with E-state index < -0.39 is 0 Å². The van der Waals surface area contributed by atoms with Crippen molar-refractivity contribution in [2.45, 2.75) is 0 Å². The second-order valence-electron chi connectivity index (χ2n) is 14.1. The summed E-state index contributed by atoms with van der Waals surface area (Å²) < 4.78 is 13.0. The third-order valence-electron chi connectivity index (χ3n) is 11.1. The largest absolute Gasteiger partial charge is 0.456 e. The molecule has 0 radical (unpaired) electrons. The summed E-state index contributed by atoms with van der Waals surface area (Å²) in [5.74, 6) is 0. The van der Waals surface area contributed by atoms with E-state index >= 15 is 0 Å². The Morgan fingerprint density at radius 1 is 0.231 bits per heavy atom. The van der Waals surface area contributed by atoms with Crippen molar-refractivity contribution in [2.75, 3.05) is 0 Å². The van der Waals surface area contributed by atoms with Crippen molar-refractivity contribution in [3.05, 3.63) is 170 Å². The number of furan rings is 2. The zero-order valence-electron chi connectivity index (χ0n) is 28.0. The van der Waals surface area contributed by atoms with E-state index in [2.05, 4.69) is 170 Å². The standard InChI is InChI=1S/C50H28O2/c1-5-13-37-29(9-1)21-30-10-2-6-14-38(30)49(37)33-17-19-45-41(23-33)43-25-35-26-44-42-24-34(18-20-46(42)52-48(44)28-36(35)27-47(43)51-45)50-39-15-7-3-11-31(39)22-32-12-4-8-16-40(32)50/h1-28H. The molecule has 0 N–H and O–H groups in total. The average molecular weight is 661 g/mol. The van der Waals surface area contributed by atoms with E-state index in [1.165, 1.54) is 65.3 Å². The highest BCUT2D eigenvalue weighted by molar-refractivity contribution is 6.19. The molecule has 0 amide bonds. The lowest BCUT2D eigenvalue weighted by molar-refractivity contribution is 0.668. The molecule has 12 rings (SSSR count). The van der Waals surface area contributed by atoms with Crippen LogP contribution < -0.4 is 0 Å². The molecule has 0 saturated carbocycles. The van der Waals surface area contributed by atoms with Gasteiger partial charge in [0.15, 0.2) is 0 Å². The van der Waals surface area contributed by atoms with E-state index in [1.54, 1.807) is 0 Å². The quantitative estimate of drug-likeness (QED) is 0.173. The molecule has 240 valence electrons. The van der Waals surface area contributed by atoms with Gasteiger partial charge in [-0.15, -0.1) is 0 Å². The predicted molar refractivity (Wildman–Crippen MR) is 219 cm³/mol. The minimum absolute atomic E-state index is 0.878. The SMILES string of the molecule is c1ccc2c(-c3ccc4oc5cc6cc7oc8ccc(-c9c%10ccccc%10cc%10ccccc9%10)cc8c7cc6cc5c4c3)c3ccccc3cc2c1. The summed E-state index contributed by atoms with van der Waals surface area (Å²) in [6.45, 7) is 0. The fourth-order valence-corrected chi connectivity index (χ4v) is 8.75. The van der Waals surface area contributed by atoms with Crippen molar-refractivity contribution in [3.8, 4) is 22.3 Å². The van der Waals surface area contributed by atoms with Gasteiger partial charge in [0.2, 0.25) is 0 Å². The first kappa shape index (κ1) is 27.9. The van der Waals surface area contributed by atoms with Gasteiger partial charge in [-0.25, -0.2) is 0 Å². The normalized spacial score (nSPS) is 12.2. The molecule has 0 fully saturated rings. The van der Waals surface area contributed by atoms with Gasteiger partial charge in [-0.1, -0.05) is 109 Å². The van der Waals surface area contributed by atoms with Crippen LogP contribution in [0, 0.1) is 0 Å². The summed E-state index contributed by atoms with van der Waals surface area (Å²) in [4.78, 5) is 0. The second kappa shape index (κ2) is 10.3. The third-order valence-corrected chi connectivity index (χ3v) is 11.1. The van der Waals surface area contributed by atoms with Gasteiger partial charge in [-0.05, 0) is 137 Å². The van der Waals surface area contributed by atoms with Crippen LogP contribution in [0.25, 0.3) is 120 Å². The summed E-state index contributed by atoms with van der Waals surface area (Å²) in [6.07, 6.45) is 0. The minimum atomic E-state index is 0.878. The molecule has 0 atom stereocenters. The first-order chi connectivity index (χ1) is 25.7. The number of fused-ring (bicyclic) bond motifs is 11. The number of hydrogen-bond acceptors (Lipinski definition) is 2. The molecule has 52 heavy (non-hydrogen) atoms. The number of benzene rings is 10. The van der Waals surface area contributed by atoms with Crippen LogP contribution in [-0.4, -0.2) is 0 Å². The fourth-order valence-electron chi connectivity index (χ4n) is 8.75. The first-order valence-corrected chi connectivity index (χ1v) is 17.8. The monoisotopic (exact) mass is 660 g/mol. The molecule has 2 heterocycles. The first-order valence-electron chi connectivity index (χ1n) is 17.8. The lowest BCUT2D eigenvalue weighted by atomic mass is 9.91. The Kier molecular flexibility index (Phi) is 5.53. The lowest BCUT2D eigenvalue weighted by Gasteiger charge is -2.12. The maximum atomic E-state index is 6.50. The molecular formula is C50H28O2. The molecule has 0 aliphatic carbocycles. The average Bonchev–Trinajstić information content (AvgIpc) is 3.73. The Bertz CT molecular complexity index is 3130.